The minimum atomic E-state index is -3.22. The molecule has 0 fully saturated rings. The number of nitrogens with zero attached hydrogens (tertiary/aromatic N) is 1. The molecule has 9 heteroatoms. The molecule has 1 aromatic rings. The van der Waals surface area contributed by atoms with E-state index < -0.39 is 27.8 Å². The molecule has 0 spiro atoms. The lowest BCUT2D eigenvalue weighted by atomic mass is 10.3. The number of carboxylic acids is 1. The highest BCUT2D eigenvalue weighted by molar-refractivity contribution is 7.90. The maximum Gasteiger partial charge on any atom is 0.354 e. The lowest BCUT2D eigenvalue weighted by Crippen LogP contribution is -2.38. The van der Waals surface area contributed by atoms with Crippen LogP contribution in [0.5, 0.6) is 0 Å². The number of aromatic carboxylic acids is 1. The van der Waals surface area contributed by atoms with Gasteiger partial charge in [0.15, 0.2) is 11.4 Å². The molecule has 1 atom stereocenters. The SMILES string of the molecule is CC(CS(C)(=O)=O)NC(=O)c1nc[nH]c1C(=O)O. The third-order valence-corrected chi connectivity index (χ3v) is 3.10. The maximum absolute atomic E-state index is 11.7. The van der Waals surface area contributed by atoms with E-state index in [4.69, 9.17) is 5.11 Å². The van der Waals surface area contributed by atoms with E-state index in [2.05, 4.69) is 15.3 Å². The zero-order valence-corrected chi connectivity index (χ0v) is 10.6. The van der Waals surface area contributed by atoms with Crippen molar-refractivity contribution in [2.75, 3.05) is 12.0 Å². The Morgan fingerprint density at radius 1 is 1.56 bits per heavy atom. The van der Waals surface area contributed by atoms with Crippen LogP contribution in [-0.4, -0.2) is 53.4 Å². The minimum absolute atomic E-state index is 0.231. The molecule has 1 aromatic heterocycles. The van der Waals surface area contributed by atoms with E-state index in [0.29, 0.717) is 0 Å². The zero-order chi connectivity index (χ0) is 13.9. The molecule has 0 saturated heterocycles. The molecule has 0 saturated carbocycles. The van der Waals surface area contributed by atoms with Crippen LogP contribution in [0.1, 0.15) is 27.9 Å². The van der Waals surface area contributed by atoms with Crippen LogP contribution in [0.15, 0.2) is 6.33 Å². The normalized spacial score (nSPS) is 13.0. The summed E-state index contributed by atoms with van der Waals surface area (Å²) in [6.07, 6.45) is 2.13. The second kappa shape index (κ2) is 5.17. The van der Waals surface area contributed by atoms with Crippen LogP contribution < -0.4 is 5.32 Å². The van der Waals surface area contributed by atoms with Gasteiger partial charge < -0.3 is 15.4 Å². The van der Waals surface area contributed by atoms with Gasteiger partial charge in [-0.1, -0.05) is 0 Å². The Hall–Kier alpha value is -1.90. The molecule has 3 N–H and O–H groups in total. The van der Waals surface area contributed by atoms with Gasteiger partial charge in [-0.3, -0.25) is 4.79 Å². The minimum Gasteiger partial charge on any atom is -0.477 e. The molecule has 1 unspecified atom stereocenters. The van der Waals surface area contributed by atoms with Crippen LogP contribution in [0.25, 0.3) is 0 Å². The van der Waals surface area contributed by atoms with Gasteiger partial charge in [0, 0.05) is 12.3 Å². The van der Waals surface area contributed by atoms with Gasteiger partial charge in [0.05, 0.1) is 12.1 Å². The number of nitrogens with one attached hydrogen (secondary N) is 2. The summed E-state index contributed by atoms with van der Waals surface area (Å²) in [5.41, 5.74) is -0.609. The second-order valence-electron chi connectivity index (χ2n) is 3.90. The molecule has 0 aromatic carbocycles. The van der Waals surface area contributed by atoms with Gasteiger partial charge in [-0.05, 0) is 6.92 Å². The van der Waals surface area contributed by atoms with Gasteiger partial charge in [0.25, 0.3) is 5.91 Å². The number of amides is 1. The van der Waals surface area contributed by atoms with Crippen molar-refractivity contribution >= 4 is 21.7 Å². The third-order valence-electron chi connectivity index (χ3n) is 2.00. The maximum atomic E-state index is 11.7. The summed E-state index contributed by atoms with van der Waals surface area (Å²) in [5, 5.41) is 11.1. The second-order valence-corrected chi connectivity index (χ2v) is 6.08. The Labute approximate surface area is 103 Å². The monoisotopic (exact) mass is 275 g/mol. The van der Waals surface area contributed by atoms with Gasteiger partial charge >= 0.3 is 5.97 Å². The van der Waals surface area contributed by atoms with E-state index in [1.807, 2.05) is 0 Å². The van der Waals surface area contributed by atoms with Crippen LogP contribution >= 0.6 is 0 Å². The largest absolute Gasteiger partial charge is 0.477 e. The van der Waals surface area contributed by atoms with E-state index in [1.54, 1.807) is 0 Å². The van der Waals surface area contributed by atoms with Crippen LogP contribution in [0, 0.1) is 0 Å². The number of aromatic amines is 1. The molecule has 1 amide bonds. The summed E-state index contributed by atoms with van der Waals surface area (Å²) in [6, 6.07) is -0.633. The van der Waals surface area contributed by atoms with E-state index in [-0.39, 0.29) is 17.1 Å². The number of carbonyl (C=O) groups excluding carboxylic acids is 1. The van der Waals surface area contributed by atoms with Crippen molar-refractivity contribution < 1.29 is 23.1 Å². The highest BCUT2D eigenvalue weighted by Gasteiger charge is 2.21. The average Bonchev–Trinajstić information content (AvgIpc) is 2.61. The molecule has 0 aliphatic heterocycles. The van der Waals surface area contributed by atoms with Gasteiger partial charge in [-0.25, -0.2) is 18.2 Å². The van der Waals surface area contributed by atoms with Crippen molar-refractivity contribution in [1.29, 1.82) is 0 Å². The first-order chi connectivity index (χ1) is 8.20. The Kier molecular flexibility index (Phi) is 4.07. The van der Waals surface area contributed by atoms with Crippen LogP contribution in [0.3, 0.4) is 0 Å². The molecule has 0 aliphatic rings. The Balaban J connectivity index is 2.77. The molecular formula is C9H13N3O5S. The van der Waals surface area contributed by atoms with E-state index in [9.17, 15) is 18.0 Å². The fourth-order valence-corrected chi connectivity index (χ4v) is 2.41. The van der Waals surface area contributed by atoms with Gasteiger partial charge in [0.1, 0.15) is 9.84 Å². The van der Waals surface area contributed by atoms with Gasteiger partial charge in [0.2, 0.25) is 0 Å². The first kappa shape index (κ1) is 14.2. The van der Waals surface area contributed by atoms with E-state index >= 15 is 0 Å². The van der Waals surface area contributed by atoms with Crippen molar-refractivity contribution in [3.05, 3.63) is 17.7 Å². The van der Waals surface area contributed by atoms with Crippen molar-refractivity contribution in [3.63, 3.8) is 0 Å². The molecule has 0 radical (unpaired) electrons. The van der Waals surface area contributed by atoms with E-state index in [0.717, 1.165) is 12.6 Å². The highest BCUT2D eigenvalue weighted by atomic mass is 32.2. The highest BCUT2D eigenvalue weighted by Crippen LogP contribution is 2.03. The predicted octanol–water partition coefficient (Wildman–Crippen LogP) is -0.729. The molecule has 100 valence electrons. The number of hydrogen-bond donors (Lipinski definition) is 3. The molecule has 0 bridgehead atoms. The van der Waals surface area contributed by atoms with Crippen LogP contribution in [0.2, 0.25) is 0 Å². The van der Waals surface area contributed by atoms with Crippen molar-refractivity contribution in [3.8, 4) is 0 Å². The number of rotatable bonds is 5. The lowest BCUT2D eigenvalue weighted by Gasteiger charge is -2.11. The summed E-state index contributed by atoms with van der Waals surface area (Å²) in [4.78, 5) is 28.3. The fraction of sp³-hybridized carbons (Fsp3) is 0.444. The van der Waals surface area contributed by atoms with Gasteiger partial charge in [-0.2, -0.15) is 0 Å². The summed E-state index contributed by atoms with van der Waals surface area (Å²) >= 11 is 0. The number of hydrogen-bond acceptors (Lipinski definition) is 5. The first-order valence-electron chi connectivity index (χ1n) is 4.96. The fourth-order valence-electron chi connectivity index (χ4n) is 1.42. The number of carboxylic acid groups (broad SMARTS) is 1. The smallest absolute Gasteiger partial charge is 0.354 e. The van der Waals surface area contributed by atoms with Gasteiger partial charge in [-0.15, -0.1) is 0 Å². The number of carbonyl (C=O) groups is 2. The summed E-state index contributed by atoms with van der Waals surface area (Å²) in [6.45, 7) is 1.51. The molecular weight excluding hydrogens is 262 g/mol. The molecule has 0 aliphatic carbocycles. The third kappa shape index (κ3) is 3.84. The standard InChI is InChI=1S/C9H13N3O5S/c1-5(3-18(2,16)17)12-8(13)6-7(9(14)15)11-4-10-6/h4-5H,3H2,1-2H3,(H,10,11)(H,12,13)(H,14,15). The zero-order valence-electron chi connectivity index (χ0n) is 9.80. The number of sulfone groups is 1. The first-order valence-corrected chi connectivity index (χ1v) is 7.02. The molecule has 1 rings (SSSR count). The van der Waals surface area contributed by atoms with Crippen molar-refractivity contribution in [1.82, 2.24) is 15.3 Å². The van der Waals surface area contributed by atoms with Crippen molar-refractivity contribution in [2.45, 2.75) is 13.0 Å². The number of H-pyrrole nitrogens is 1. The Morgan fingerprint density at radius 3 is 2.67 bits per heavy atom. The number of imidazole rings is 1. The summed E-state index contributed by atoms with van der Waals surface area (Å²) in [5.74, 6) is -2.27. The van der Waals surface area contributed by atoms with Crippen molar-refractivity contribution in [2.24, 2.45) is 0 Å². The number of aromatic nitrogens is 2. The molecule has 8 nitrogen and oxygen atoms in total. The quantitative estimate of drug-likeness (QED) is 0.649. The lowest BCUT2D eigenvalue weighted by molar-refractivity contribution is 0.0684. The Morgan fingerprint density at radius 2 is 2.17 bits per heavy atom. The molecule has 1 heterocycles. The topological polar surface area (TPSA) is 129 Å². The summed E-state index contributed by atoms with van der Waals surface area (Å²) < 4.78 is 22.0. The average molecular weight is 275 g/mol. The predicted molar refractivity (Wildman–Crippen MR) is 62.2 cm³/mol. The van der Waals surface area contributed by atoms with Crippen LogP contribution in [-0.2, 0) is 9.84 Å². The van der Waals surface area contributed by atoms with Crippen LogP contribution in [0.4, 0.5) is 0 Å². The Bertz CT molecular complexity index is 563. The molecule has 18 heavy (non-hydrogen) atoms. The summed E-state index contributed by atoms with van der Waals surface area (Å²) in [7, 11) is -3.22. The van der Waals surface area contributed by atoms with E-state index in [1.165, 1.54) is 6.92 Å².